The predicted octanol–water partition coefficient (Wildman–Crippen LogP) is 2.51. The Balaban J connectivity index is 1.97. The van der Waals surface area contributed by atoms with Gasteiger partial charge in [-0.1, -0.05) is 25.8 Å². The van der Waals surface area contributed by atoms with Gasteiger partial charge in [-0.3, -0.25) is 4.79 Å². The number of hydrogen-bond donors (Lipinski definition) is 2. The normalized spacial score (nSPS) is 22.3. The molecule has 0 bridgehead atoms. The van der Waals surface area contributed by atoms with Gasteiger partial charge in [0.2, 0.25) is 0 Å². The molecular weight excluding hydrogens is 254 g/mol. The highest BCUT2D eigenvalue weighted by Gasteiger charge is 2.24. The Morgan fingerprint density at radius 2 is 2.20 bits per heavy atom. The van der Waals surface area contributed by atoms with Gasteiger partial charge in [-0.05, 0) is 37.5 Å². The summed E-state index contributed by atoms with van der Waals surface area (Å²) in [6.45, 7) is 2.69. The lowest BCUT2D eigenvalue weighted by Crippen LogP contribution is -2.45. The lowest BCUT2D eigenvalue weighted by atomic mass is 9.92. The Labute approximate surface area is 120 Å². The van der Waals surface area contributed by atoms with Crippen molar-refractivity contribution in [3.05, 3.63) is 29.8 Å². The van der Waals surface area contributed by atoms with Gasteiger partial charge >= 0.3 is 0 Å². The van der Waals surface area contributed by atoms with Crippen molar-refractivity contribution < 1.29 is 14.6 Å². The van der Waals surface area contributed by atoms with Gasteiger partial charge < -0.3 is 15.2 Å². The van der Waals surface area contributed by atoms with Gasteiger partial charge in [-0.2, -0.15) is 0 Å². The monoisotopic (exact) mass is 277 g/mol. The number of benzene rings is 1. The van der Waals surface area contributed by atoms with Gasteiger partial charge in [0.05, 0.1) is 18.8 Å². The summed E-state index contributed by atoms with van der Waals surface area (Å²) < 4.78 is 5.53. The predicted molar refractivity (Wildman–Crippen MR) is 78.0 cm³/mol. The van der Waals surface area contributed by atoms with Gasteiger partial charge in [-0.15, -0.1) is 0 Å². The molecule has 20 heavy (non-hydrogen) atoms. The minimum atomic E-state index is -0.424. The van der Waals surface area contributed by atoms with Crippen LogP contribution in [0.3, 0.4) is 0 Å². The van der Waals surface area contributed by atoms with Crippen LogP contribution < -0.4 is 10.1 Å². The molecule has 2 unspecified atom stereocenters. The highest BCUT2D eigenvalue weighted by atomic mass is 16.5. The van der Waals surface area contributed by atoms with E-state index in [0.29, 0.717) is 17.9 Å². The number of nitrogens with one attached hydrogen (secondary N) is 1. The highest BCUT2D eigenvalue weighted by Crippen LogP contribution is 2.19. The third kappa shape index (κ3) is 3.97. The fourth-order valence-electron chi connectivity index (χ4n) is 2.48. The largest absolute Gasteiger partial charge is 0.494 e. The SMILES string of the molecule is CCCOc1cccc(C(=O)NC2CCCCC2O)c1. The fourth-order valence-corrected chi connectivity index (χ4v) is 2.48. The first-order valence-corrected chi connectivity index (χ1v) is 7.42. The third-order valence-corrected chi connectivity index (χ3v) is 3.62. The molecule has 2 rings (SSSR count). The standard InChI is InChI=1S/C16H23NO3/c1-2-10-20-13-7-5-6-12(11-13)16(19)17-14-8-3-4-9-15(14)18/h5-7,11,14-15,18H,2-4,8-10H2,1H3,(H,17,19). The maximum atomic E-state index is 12.2. The van der Waals surface area contributed by atoms with E-state index in [1.165, 1.54) is 0 Å². The molecule has 1 amide bonds. The van der Waals surface area contributed by atoms with Crippen LogP contribution in [0.4, 0.5) is 0 Å². The van der Waals surface area contributed by atoms with Crippen LogP contribution in [0.2, 0.25) is 0 Å². The summed E-state index contributed by atoms with van der Waals surface area (Å²) in [5, 5.41) is 12.8. The number of hydrogen-bond acceptors (Lipinski definition) is 3. The number of aliphatic hydroxyl groups excluding tert-OH is 1. The third-order valence-electron chi connectivity index (χ3n) is 3.62. The van der Waals surface area contributed by atoms with Crippen LogP contribution in [0.1, 0.15) is 49.4 Å². The molecular formula is C16H23NO3. The number of carbonyl (C=O) groups is 1. The summed E-state index contributed by atoms with van der Waals surface area (Å²) in [5.41, 5.74) is 0.580. The second kappa shape index (κ2) is 7.29. The molecule has 1 aliphatic carbocycles. The molecule has 0 spiro atoms. The molecule has 2 atom stereocenters. The van der Waals surface area contributed by atoms with E-state index in [-0.39, 0.29) is 11.9 Å². The molecule has 0 heterocycles. The van der Waals surface area contributed by atoms with Crippen LogP contribution in [-0.2, 0) is 0 Å². The van der Waals surface area contributed by atoms with Crippen LogP contribution in [-0.4, -0.2) is 29.8 Å². The summed E-state index contributed by atoms with van der Waals surface area (Å²) in [6.07, 6.45) is 4.22. The highest BCUT2D eigenvalue weighted by molar-refractivity contribution is 5.94. The van der Waals surface area contributed by atoms with Crippen molar-refractivity contribution in [3.63, 3.8) is 0 Å². The van der Waals surface area contributed by atoms with Crippen molar-refractivity contribution in [3.8, 4) is 5.75 Å². The Morgan fingerprint density at radius 1 is 1.40 bits per heavy atom. The van der Waals surface area contributed by atoms with Crippen molar-refractivity contribution in [1.29, 1.82) is 0 Å². The van der Waals surface area contributed by atoms with Gasteiger partial charge in [-0.25, -0.2) is 0 Å². The zero-order valence-electron chi connectivity index (χ0n) is 12.0. The Hall–Kier alpha value is -1.55. The second-order valence-electron chi connectivity index (χ2n) is 5.31. The second-order valence-corrected chi connectivity index (χ2v) is 5.31. The van der Waals surface area contributed by atoms with Crippen LogP contribution in [0.15, 0.2) is 24.3 Å². The molecule has 0 aromatic heterocycles. The van der Waals surface area contributed by atoms with E-state index in [0.717, 1.165) is 32.1 Å². The maximum absolute atomic E-state index is 12.2. The summed E-state index contributed by atoms with van der Waals surface area (Å²) in [6, 6.07) is 7.05. The number of carbonyl (C=O) groups excluding carboxylic acids is 1. The summed E-state index contributed by atoms with van der Waals surface area (Å²) in [7, 11) is 0. The molecule has 1 aromatic carbocycles. The van der Waals surface area contributed by atoms with Gasteiger partial charge in [0.15, 0.2) is 0 Å². The van der Waals surface area contributed by atoms with Crippen molar-refractivity contribution >= 4 is 5.91 Å². The van der Waals surface area contributed by atoms with Gasteiger partial charge in [0.25, 0.3) is 5.91 Å². The van der Waals surface area contributed by atoms with E-state index >= 15 is 0 Å². The number of ether oxygens (including phenoxy) is 1. The van der Waals surface area contributed by atoms with Crippen LogP contribution in [0.25, 0.3) is 0 Å². The average Bonchev–Trinajstić information content (AvgIpc) is 2.48. The first kappa shape index (κ1) is 14.9. The van der Waals surface area contributed by atoms with E-state index in [4.69, 9.17) is 4.74 Å². The summed E-state index contributed by atoms with van der Waals surface area (Å²) >= 11 is 0. The summed E-state index contributed by atoms with van der Waals surface area (Å²) in [4.78, 5) is 12.2. The topological polar surface area (TPSA) is 58.6 Å². The number of rotatable bonds is 5. The van der Waals surface area contributed by atoms with Crippen LogP contribution >= 0.6 is 0 Å². The molecule has 4 heteroatoms. The average molecular weight is 277 g/mol. The van der Waals surface area contributed by atoms with Gasteiger partial charge in [0.1, 0.15) is 5.75 Å². The van der Waals surface area contributed by atoms with E-state index < -0.39 is 6.10 Å². The number of amides is 1. The Morgan fingerprint density at radius 3 is 2.95 bits per heavy atom. The maximum Gasteiger partial charge on any atom is 0.251 e. The lowest BCUT2D eigenvalue weighted by Gasteiger charge is -2.28. The van der Waals surface area contributed by atoms with Crippen molar-refractivity contribution in [2.75, 3.05) is 6.61 Å². The first-order valence-electron chi connectivity index (χ1n) is 7.42. The number of aliphatic hydroxyl groups is 1. The van der Waals surface area contributed by atoms with Crippen LogP contribution in [0.5, 0.6) is 5.75 Å². The fraction of sp³-hybridized carbons (Fsp3) is 0.562. The minimum Gasteiger partial charge on any atom is -0.494 e. The molecule has 0 saturated heterocycles. The quantitative estimate of drug-likeness (QED) is 0.869. The van der Waals surface area contributed by atoms with Crippen molar-refractivity contribution in [1.82, 2.24) is 5.32 Å². The lowest BCUT2D eigenvalue weighted by molar-refractivity contribution is 0.0717. The Kier molecular flexibility index (Phi) is 5.41. The molecule has 2 N–H and O–H groups in total. The molecule has 1 fully saturated rings. The molecule has 0 aliphatic heterocycles. The van der Waals surface area contributed by atoms with E-state index in [2.05, 4.69) is 5.32 Å². The molecule has 1 saturated carbocycles. The van der Waals surface area contributed by atoms with E-state index in [1.807, 2.05) is 19.1 Å². The van der Waals surface area contributed by atoms with Gasteiger partial charge in [0, 0.05) is 5.56 Å². The Bertz CT molecular complexity index is 447. The summed E-state index contributed by atoms with van der Waals surface area (Å²) in [5.74, 6) is 0.571. The van der Waals surface area contributed by atoms with E-state index in [9.17, 15) is 9.90 Å². The zero-order valence-corrected chi connectivity index (χ0v) is 12.0. The minimum absolute atomic E-state index is 0.128. The molecule has 0 radical (unpaired) electrons. The smallest absolute Gasteiger partial charge is 0.251 e. The molecule has 4 nitrogen and oxygen atoms in total. The molecule has 1 aromatic rings. The molecule has 1 aliphatic rings. The first-order chi connectivity index (χ1) is 9.70. The van der Waals surface area contributed by atoms with Crippen LogP contribution in [0, 0.1) is 0 Å². The molecule has 110 valence electrons. The van der Waals surface area contributed by atoms with E-state index in [1.54, 1.807) is 12.1 Å². The van der Waals surface area contributed by atoms with Crippen molar-refractivity contribution in [2.24, 2.45) is 0 Å². The zero-order chi connectivity index (χ0) is 14.4. The van der Waals surface area contributed by atoms with Crippen molar-refractivity contribution in [2.45, 2.75) is 51.2 Å².